The van der Waals surface area contributed by atoms with E-state index in [0.717, 1.165) is 18.0 Å². The van der Waals surface area contributed by atoms with Crippen molar-refractivity contribution < 1.29 is 4.74 Å². The van der Waals surface area contributed by atoms with Crippen LogP contribution in [0.4, 0.5) is 0 Å². The van der Waals surface area contributed by atoms with Crippen molar-refractivity contribution in [3.05, 3.63) is 23.4 Å². The summed E-state index contributed by atoms with van der Waals surface area (Å²) in [6.45, 7) is 2.77. The molecular formula is C14H22N2O. The van der Waals surface area contributed by atoms with E-state index in [1.54, 1.807) is 7.11 Å². The second-order valence-corrected chi connectivity index (χ2v) is 5.10. The van der Waals surface area contributed by atoms with Crippen LogP contribution in [0.3, 0.4) is 0 Å². The van der Waals surface area contributed by atoms with E-state index in [9.17, 15) is 0 Å². The number of aryl methyl sites for hydroxylation is 1. The van der Waals surface area contributed by atoms with Crippen molar-refractivity contribution >= 4 is 0 Å². The summed E-state index contributed by atoms with van der Waals surface area (Å²) in [6.07, 6.45) is 8.23. The van der Waals surface area contributed by atoms with Crippen molar-refractivity contribution in [1.29, 1.82) is 0 Å². The van der Waals surface area contributed by atoms with E-state index in [0.29, 0.717) is 0 Å². The Kier molecular flexibility index (Phi) is 3.67. The molecule has 1 heterocycles. The average Bonchev–Trinajstić information content (AvgIpc) is 2.39. The molecule has 0 radical (unpaired) electrons. The molecule has 1 aliphatic rings. The largest absolute Gasteiger partial charge is 0.481 e. The van der Waals surface area contributed by atoms with Crippen molar-refractivity contribution in [3.63, 3.8) is 0 Å². The Morgan fingerprint density at radius 3 is 2.59 bits per heavy atom. The lowest BCUT2D eigenvalue weighted by atomic mass is 9.70. The lowest BCUT2D eigenvalue weighted by Gasteiger charge is -2.36. The summed E-state index contributed by atoms with van der Waals surface area (Å²) in [7, 11) is 1.66. The molecule has 17 heavy (non-hydrogen) atoms. The Bertz CT molecular complexity index is 384. The molecular weight excluding hydrogens is 212 g/mol. The molecule has 3 nitrogen and oxygen atoms in total. The van der Waals surface area contributed by atoms with Gasteiger partial charge in [0, 0.05) is 23.7 Å². The van der Waals surface area contributed by atoms with Gasteiger partial charge in [-0.1, -0.05) is 19.3 Å². The molecule has 94 valence electrons. The van der Waals surface area contributed by atoms with E-state index in [-0.39, 0.29) is 5.41 Å². The van der Waals surface area contributed by atoms with Crippen LogP contribution in [0.1, 0.15) is 43.2 Å². The summed E-state index contributed by atoms with van der Waals surface area (Å²) < 4.78 is 5.21. The molecule has 1 aromatic heterocycles. The normalized spacial score (nSPS) is 19.0. The van der Waals surface area contributed by atoms with Crippen LogP contribution in [-0.2, 0) is 5.41 Å². The van der Waals surface area contributed by atoms with Crippen molar-refractivity contribution in [2.24, 2.45) is 5.73 Å². The first-order valence-corrected chi connectivity index (χ1v) is 6.43. The Hall–Kier alpha value is -1.09. The molecule has 1 aromatic rings. The number of hydrogen-bond donors (Lipinski definition) is 1. The first kappa shape index (κ1) is 12.4. The van der Waals surface area contributed by atoms with Crippen molar-refractivity contribution in [3.8, 4) is 5.88 Å². The maximum atomic E-state index is 6.03. The molecule has 3 heteroatoms. The van der Waals surface area contributed by atoms with Gasteiger partial charge in [-0.3, -0.25) is 0 Å². The topological polar surface area (TPSA) is 48.1 Å². The van der Waals surface area contributed by atoms with Gasteiger partial charge >= 0.3 is 0 Å². The van der Waals surface area contributed by atoms with Gasteiger partial charge in [-0.15, -0.1) is 0 Å². The third-order valence-electron chi connectivity index (χ3n) is 4.04. The summed E-state index contributed by atoms with van der Waals surface area (Å²) in [4.78, 5) is 4.39. The molecule has 0 amide bonds. The van der Waals surface area contributed by atoms with Gasteiger partial charge in [0.15, 0.2) is 0 Å². The van der Waals surface area contributed by atoms with Crippen LogP contribution >= 0.6 is 0 Å². The second-order valence-electron chi connectivity index (χ2n) is 5.10. The SMILES string of the molecule is COc1ncc(C2(CN)CCCCC2)cc1C. The summed E-state index contributed by atoms with van der Waals surface area (Å²) in [5, 5.41) is 0. The quantitative estimate of drug-likeness (QED) is 0.874. The number of nitrogens with two attached hydrogens (primary N) is 1. The Labute approximate surface area is 103 Å². The molecule has 1 aliphatic carbocycles. The maximum Gasteiger partial charge on any atom is 0.215 e. The smallest absolute Gasteiger partial charge is 0.215 e. The highest BCUT2D eigenvalue weighted by atomic mass is 16.5. The highest BCUT2D eigenvalue weighted by Crippen LogP contribution is 2.39. The molecule has 1 fully saturated rings. The molecule has 0 saturated heterocycles. The Balaban J connectivity index is 2.33. The van der Waals surface area contributed by atoms with Crippen LogP contribution in [0.5, 0.6) is 5.88 Å². The molecule has 0 bridgehead atoms. The fourth-order valence-corrected chi connectivity index (χ4v) is 2.91. The zero-order chi connectivity index (χ0) is 12.3. The number of methoxy groups -OCH3 is 1. The van der Waals surface area contributed by atoms with Gasteiger partial charge in [-0.2, -0.15) is 0 Å². The zero-order valence-corrected chi connectivity index (χ0v) is 10.8. The standard InChI is InChI=1S/C14H22N2O/c1-11-8-12(9-16-13(11)17-2)14(10-15)6-4-3-5-7-14/h8-9H,3-7,10,15H2,1-2H3. The highest BCUT2D eigenvalue weighted by molar-refractivity contribution is 5.33. The minimum Gasteiger partial charge on any atom is -0.481 e. The van der Waals surface area contributed by atoms with E-state index in [1.165, 1.54) is 37.7 Å². The lowest BCUT2D eigenvalue weighted by molar-refractivity contribution is 0.299. The minimum atomic E-state index is 0.155. The predicted octanol–water partition coefficient (Wildman–Crippen LogP) is 2.56. The third kappa shape index (κ3) is 2.29. The van der Waals surface area contributed by atoms with E-state index in [4.69, 9.17) is 10.5 Å². The first-order chi connectivity index (χ1) is 8.22. The van der Waals surface area contributed by atoms with Crippen LogP contribution in [0.15, 0.2) is 12.3 Å². The van der Waals surface area contributed by atoms with Crippen LogP contribution in [0, 0.1) is 6.92 Å². The molecule has 2 N–H and O–H groups in total. The molecule has 0 atom stereocenters. The highest BCUT2D eigenvalue weighted by Gasteiger charge is 2.33. The molecule has 2 rings (SSSR count). The van der Waals surface area contributed by atoms with Crippen molar-refractivity contribution in [2.45, 2.75) is 44.4 Å². The molecule has 0 unspecified atom stereocenters. The van der Waals surface area contributed by atoms with E-state index in [1.807, 2.05) is 13.1 Å². The van der Waals surface area contributed by atoms with Crippen LogP contribution in [0.25, 0.3) is 0 Å². The van der Waals surface area contributed by atoms with Crippen LogP contribution < -0.4 is 10.5 Å². The molecule has 0 aliphatic heterocycles. The monoisotopic (exact) mass is 234 g/mol. The zero-order valence-electron chi connectivity index (χ0n) is 10.8. The van der Waals surface area contributed by atoms with Gasteiger partial charge in [-0.25, -0.2) is 4.98 Å². The number of aromatic nitrogens is 1. The molecule has 1 saturated carbocycles. The van der Waals surface area contributed by atoms with E-state index >= 15 is 0 Å². The van der Waals surface area contributed by atoms with Crippen LogP contribution in [0.2, 0.25) is 0 Å². The number of ether oxygens (including phenoxy) is 1. The predicted molar refractivity (Wildman–Crippen MR) is 69.3 cm³/mol. The van der Waals surface area contributed by atoms with Crippen molar-refractivity contribution in [2.75, 3.05) is 13.7 Å². The molecule has 0 aromatic carbocycles. The number of pyridine rings is 1. The minimum absolute atomic E-state index is 0.155. The van der Waals surface area contributed by atoms with Gasteiger partial charge in [0.25, 0.3) is 0 Å². The fourth-order valence-electron chi connectivity index (χ4n) is 2.91. The molecule has 0 spiro atoms. The van der Waals surface area contributed by atoms with E-state index in [2.05, 4.69) is 11.1 Å². The Morgan fingerprint density at radius 1 is 1.35 bits per heavy atom. The van der Waals surface area contributed by atoms with Gasteiger partial charge in [0.1, 0.15) is 0 Å². The summed E-state index contributed by atoms with van der Waals surface area (Å²) in [5.74, 6) is 0.719. The maximum absolute atomic E-state index is 6.03. The fraction of sp³-hybridized carbons (Fsp3) is 0.643. The van der Waals surface area contributed by atoms with E-state index < -0.39 is 0 Å². The summed E-state index contributed by atoms with van der Waals surface area (Å²) in [5.41, 5.74) is 8.58. The first-order valence-electron chi connectivity index (χ1n) is 6.43. The van der Waals surface area contributed by atoms with Gasteiger partial charge in [-0.05, 0) is 31.4 Å². The Morgan fingerprint density at radius 2 is 2.06 bits per heavy atom. The van der Waals surface area contributed by atoms with Gasteiger partial charge in [0.2, 0.25) is 5.88 Å². The number of rotatable bonds is 3. The van der Waals surface area contributed by atoms with Crippen LogP contribution in [-0.4, -0.2) is 18.6 Å². The van der Waals surface area contributed by atoms with Crippen molar-refractivity contribution in [1.82, 2.24) is 4.98 Å². The van der Waals surface area contributed by atoms with Gasteiger partial charge < -0.3 is 10.5 Å². The number of nitrogens with zero attached hydrogens (tertiary/aromatic N) is 1. The second kappa shape index (κ2) is 5.05. The third-order valence-corrected chi connectivity index (χ3v) is 4.04. The average molecular weight is 234 g/mol. The number of hydrogen-bond acceptors (Lipinski definition) is 3. The summed E-state index contributed by atoms with van der Waals surface area (Å²) in [6, 6.07) is 2.20. The summed E-state index contributed by atoms with van der Waals surface area (Å²) >= 11 is 0. The van der Waals surface area contributed by atoms with Gasteiger partial charge in [0.05, 0.1) is 7.11 Å². The lowest BCUT2D eigenvalue weighted by Crippen LogP contribution is -2.37.